The number of benzene rings is 5. The van der Waals surface area contributed by atoms with Crippen molar-refractivity contribution < 1.29 is 24.3 Å². The maximum absolute atomic E-state index is 14.1. The topological polar surface area (TPSA) is 151 Å². The first-order valence-electron chi connectivity index (χ1n) is 17.0. The van der Waals surface area contributed by atoms with Crippen molar-refractivity contribution in [3.8, 4) is 11.1 Å². The van der Waals surface area contributed by atoms with Gasteiger partial charge in [-0.2, -0.15) is 12.6 Å². The Morgan fingerprint density at radius 1 is 0.538 bits per heavy atom. The Morgan fingerprint density at radius 3 is 1.56 bits per heavy atom. The minimum Gasteiger partial charge on any atom is -0.478 e. The van der Waals surface area contributed by atoms with Crippen LogP contribution in [0.2, 0.25) is 0 Å². The first kappa shape index (κ1) is 37.5. The summed E-state index contributed by atoms with van der Waals surface area (Å²) in [7, 11) is 0. The number of hydrogen-bond acceptors (Lipinski definition) is 6. The molecule has 0 saturated carbocycles. The van der Waals surface area contributed by atoms with Gasteiger partial charge < -0.3 is 26.8 Å². The molecule has 5 rings (SSSR count). The van der Waals surface area contributed by atoms with Gasteiger partial charge >= 0.3 is 5.97 Å². The van der Waals surface area contributed by atoms with Gasteiger partial charge in [-0.1, -0.05) is 127 Å². The van der Waals surface area contributed by atoms with Gasteiger partial charge in [-0.3, -0.25) is 14.4 Å². The second kappa shape index (κ2) is 18.5. The van der Waals surface area contributed by atoms with Crippen LogP contribution in [0.1, 0.15) is 32.6 Å². The van der Waals surface area contributed by atoms with Gasteiger partial charge in [0.1, 0.15) is 12.1 Å². The summed E-state index contributed by atoms with van der Waals surface area (Å²) in [6, 6.07) is 40.0. The largest absolute Gasteiger partial charge is 0.478 e. The van der Waals surface area contributed by atoms with Crippen molar-refractivity contribution >= 4 is 36.3 Å². The Morgan fingerprint density at radius 2 is 0.981 bits per heavy atom. The van der Waals surface area contributed by atoms with E-state index >= 15 is 0 Å². The van der Waals surface area contributed by atoms with Crippen LogP contribution in [-0.4, -0.2) is 52.2 Å². The molecule has 0 aliphatic rings. The normalized spacial score (nSPS) is 13.2. The molecule has 5 aromatic carbocycles. The van der Waals surface area contributed by atoms with Crippen LogP contribution >= 0.6 is 12.6 Å². The van der Waals surface area contributed by atoms with Crippen molar-refractivity contribution in [2.45, 2.75) is 49.2 Å². The lowest BCUT2D eigenvalue weighted by atomic mass is 9.98. The summed E-state index contributed by atoms with van der Waals surface area (Å²) in [5.41, 5.74) is 11.9. The van der Waals surface area contributed by atoms with E-state index < -0.39 is 41.2 Å². The van der Waals surface area contributed by atoms with Crippen LogP contribution in [-0.2, 0) is 40.2 Å². The molecule has 9 nitrogen and oxygen atoms in total. The number of carboxylic acid groups (broad SMARTS) is 1. The summed E-state index contributed by atoms with van der Waals surface area (Å²) in [5, 5.41) is 16.9. The van der Waals surface area contributed by atoms with Gasteiger partial charge in [0.15, 0.2) is 0 Å². The lowest BCUT2D eigenvalue weighted by Gasteiger charge is -2.26. The molecule has 0 aliphatic carbocycles. The quantitative estimate of drug-likeness (QED) is 0.0794. The van der Waals surface area contributed by atoms with Crippen molar-refractivity contribution in [1.82, 2.24) is 16.0 Å². The smallest absolute Gasteiger partial charge is 0.335 e. The first-order chi connectivity index (χ1) is 25.2. The second-order valence-corrected chi connectivity index (χ2v) is 13.2. The number of amides is 3. The van der Waals surface area contributed by atoms with Crippen molar-refractivity contribution in [3.63, 3.8) is 0 Å². The van der Waals surface area contributed by atoms with Crippen LogP contribution in [0.25, 0.3) is 11.1 Å². The molecule has 3 amide bonds. The van der Waals surface area contributed by atoms with Gasteiger partial charge in [-0.15, -0.1) is 0 Å². The molecule has 0 radical (unpaired) electrons. The molecule has 0 unspecified atom stereocenters. The number of carboxylic acids is 1. The van der Waals surface area contributed by atoms with E-state index in [2.05, 4.69) is 28.6 Å². The molecule has 0 saturated heterocycles. The zero-order chi connectivity index (χ0) is 36.9. The monoisotopic (exact) mass is 714 g/mol. The van der Waals surface area contributed by atoms with E-state index in [0.29, 0.717) is 0 Å². The van der Waals surface area contributed by atoms with Crippen molar-refractivity contribution in [1.29, 1.82) is 0 Å². The van der Waals surface area contributed by atoms with E-state index in [1.165, 1.54) is 12.1 Å². The molecule has 0 spiro atoms. The third-order valence-electron chi connectivity index (χ3n) is 8.71. The average Bonchev–Trinajstić information content (AvgIpc) is 3.17. The highest BCUT2D eigenvalue weighted by Crippen LogP contribution is 2.20. The van der Waals surface area contributed by atoms with Crippen LogP contribution in [0.5, 0.6) is 0 Å². The fraction of sp³-hybridized carbons (Fsp3) is 0.190. The van der Waals surface area contributed by atoms with Crippen LogP contribution in [0.15, 0.2) is 140 Å². The Bertz CT molecular complexity index is 1930. The summed E-state index contributed by atoms with van der Waals surface area (Å²) >= 11 is 4.53. The minimum absolute atomic E-state index is 0.141. The molecule has 0 aromatic heterocycles. The molecular formula is C42H42N4O5S. The van der Waals surface area contributed by atoms with Crippen LogP contribution in [0.4, 0.5) is 0 Å². The summed E-state index contributed by atoms with van der Waals surface area (Å²) in [4.78, 5) is 52.6. The van der Waals surface area contributed by atoms with E-state index in [9.17, 15) is 24.3 Å². The minimum atomic E-state index is -1.06. The van der Waals surface area contributed by atoms with Gasteiger partial charge in [0.05, 0.1) is 10.8 Å². The van der Waals surface area contributed by atoms with E-state index in [0.717, 1.165) is 33.4 Å². The predicted molar refractivity (Wildman–Crippen MR) is 206 cm³/mol. The number of carbonyl (C=O) groups is 4. The average molecular weight is 715 g/mol. The highest BCUT2D eigenvalue weighted by Gasteiger charge is 2.30. The number of carbonyl (C=O) groups excluding carboxylic acids is 3. The molecule has 52 heavy (non-hydrogen) atoms. The number of nitrogens with one attached hydrogen (secondary N) is 3. The van der Waals surface area contributed by atoms with Gasteiger partial charge in [-0.25, -0.2) is 4.79 Å². The maximum Gasteiger partial charge on any atom is 0.335 e. The Labute approximate surface area is 309 Å². The lowest BCUT2D eigenvalue weighted by Crippen LogP contribution is -2.57. The number of aromatic carboxylic acids is 1. The SMILES string of the molecule is N[C@@H](Cc1ccc(C(=O)O)cc1)[C@H](S)C(=O)N[C@H](Cc1ccc(-c2ccccc2)cc1)C(=O)N[C@@H](Cc1ccccc1)C(=O)NCc1ccccc1. The number of rotatable bonds is 16. The maximum atomic E-state index is 14.1. The second-order valence-electron chi connectivity index (χ2n) is 12.6. The third-order valence-corrected chi connectivity index (χ3v) is 9.32. The van der Waals surface area contributed by atoms with Crippen LogP contribution < -0.4 is 21.7 Å². The van der Waals surface area contributed by atoms with Crippen LogP contribution in [0, 0.1) is 0 Å². The highest BCUT2D eigenvalue weighted by atomic mass is 32.1. The standard InChI is InChI=1S/C42H42N4O5S/c43-35(24-29-18-22-34(23-19-29)42(50)51)38(52)41(49)46-37(26-30-16-20-33(21-17-30)32-14-8-3-9-15-32)40(48)45-36(25-28-10-4-1-5-11-28)39(47)44-27-31-12-6-2-7-13-31/h1-23,35-38,52H,24-27,43H2,(H,44,47)(H,45,48)(H,46,49)(H,50,51)/t35-,36-,37+,38-/m0/s1. The van der Waals surface area contributed by atoms with Crippen molar-refractivity contribution in [2.75, 3.05) is 0 Å². The van der Waals surface area contributed by atoms with Crippen molar-refractivity contribution in [3.05, 3.63) is 167 Å². The number of hydrogen-bond donors (Lipinski definition) is 6. The fourth-order valence-electron chi connectivity index (χ4n) is 5.77. The molecule has 0 bridgehead atoms. The van der Waals surface area contributed by atoms with E-state index in [1.54, 1.807) is 12.1 Å². The summed E-state index contributed by atoms with van der Waals surface area (Å²) in [5.74, 6) is -2.48. The lowest BCUT2D eigenvalue weighted by molar-refractivity contribution is -0.132. The Kier molecular flexibility index (Phi) is 13.4. The molecule has 0 aliphatic heterocycles. The number of thiol groups is 1. The van der Waals surface area contributed by atoms with Gasteiger partial charge in [0, 0.05) is 25.4 Å². The third kappa shape index (κ3) is 10.9. The number of nitrogens with two attached hydrogens (primary N) is 1. The molecule has 266 valence electrons. The van der Waals surface area contributed by atoms with E-state index in [4.69, 9.17) is 5.73 Å². The molecule has 5 aromatic rings. The zero-order valence-electron chi connectivity index (χ0n) is 28.5. The van der Waals surface area contributed by atoms with E-state index in [-0.39, 0.29) is 37.3 Å². The Balaban J connectivity index is 1.34. The van der Waals surface area contributed by atoms with Crippen LogP contribution in [0.3, 0.4) is 0 Å². The van der Waals surface area contributed by atoms with Gasteiger partial charge in [-0.05, 0) is 51.9 Å². The van der Waals surface area contributed by atoms with Gasteiger partial charge in [0.2, 0.25) is 17.7 Å². The predicted octanol–water partition coefficient (Wildman–Crippen LogP) is 4.99. The molecule has 4 atom stereocenters. The summed E-state index contributed by atoms with van der Waals surface area (Å²) in [6.07, 6.45) is 0.628. The summed E-state index contributed by atoms with van der Waals surface area (Å²) < 4.78 is 0. The van der Waals surface area contributed by atoms with E-state index in [1.807, 2.05) is 115 Å². The zero-order valence-corrected chi connectivity index (χ0v) is 29.4. The summed E-state index contributed by atoms with van der Waals surface area (Å²) in [6.45, 7) is 0.285. The molecule has 10 heteroatoms. The van der Waals surface area contributed by atoms with Crippen molar-refractivity contribution in [2.24, 2.45) is 5.73 Å². The molecule has 0 fully saturated rings. The van der Waals surface area contributed by atoms with Gasteiger partial charge in [0.25, 0.3) is 0 Å². The molecule has 6 N–H and O–H groups in total. The first-order valence-corrected chi connectivity index (χ1v) is 17.5. The highest BCUT2D eigenvalue weighted by molar-refractivity contribution is 7.81. The molecular weight excluding hydrogens is 673 g/mol. The fourth-order valence-corrected chi connectivity index (χ4v) is 5.95. The molecule has 0 heterocycles. The Hall–Kier alpha value is -5.71.